The van der Waals surface area contributed by atoms with E-state index in [1.165, 1.54) is 4.90 Å². The van der Waals surface area contributed by atoms with Crippen molar-refractivity contribution in [2.75, 3.05) is 0 Å². The second-order valence-electron chi connectivity index (χ2n) is 13.3. The SMILES string of the molecule is Cc1nc2cc(C(C)C)nn2c2nc(-c3ccc([C@]4(N5C(=O)c6ccccc6C5=O)C[C@](C)(O)C4)cc3)c(-c3ccccc3)cc12. The molecule has 4 heterocycles. The number of aryl methyl sites for hydroxylation is 1. The maximum Gasteiger partial charge on any atom is 0.262 e. The van der Waals surface area contributed by atoms with Crippen LogP contribution >= 0.6 is 0 Å². The van der Waals surface area contributed by atoms with Crippen molar-refractivity contribution in [1.29, 1.82) is 0 Å². The van der Waals surface area contributed by atoms with E-state index >= 15 is 0 Å². The number of pyridine rings is 1. The van der Waals surface area contributed by atoms with Crippen LogP contribution < -0.4 is 0 Å². The Morgan fingerprint density at radius 3 is 2.02 bits per heavy atom. The van der Waals surface area contributed by atoms with Crippen molar-refractivity contribution in [3.05, 3.63) is 119 Å². The Hall–Kier alpha value is -5.21. The van der Waals surface area contributed by atoms with Gasteiger partial charge in [0.1, 0.15) is 0 Å². The maximum absolute atomic E-state index is 13.6. The van der Waals surface area contributed by atoms with Crippen LogP contribution in [0, 0.1) is 6.92 Å². The molecule has 8 rings (SSSR count). The summed E-state index contributed by atoms with van der Waals surface area (Å²) in [5.41, 5.74) is 6.63. The van der Waals surface area contributed by atoms with Crippen LogP contribution in [0.1, 0.15) is 77.2 Å². The average Bonchev–Trinajstić information content (AvgIpc) is 3.59. The van der Waals surface area contributed by atoms with Crippen molar-refractivity contribution in [3.63, 3.8) is 0 Å². The van der Waals surface area contributed by atoms with Gasteiger partial charge in [0, 0.05) is 35.4 Å². The molecule has 228 valence electrons. The number of fused-ring (bicyclic) bond motifs is 4. The third-order valence-corrected chi connectivity index (χ3v) is 9.53. The summed E-state index contributed by atoms with van der Waals surface area (Å²) in [5, 5.41) is 16.7. The summed E-state index contributed by atoms with van der Waals surface area (Å²) in [6.45, 7) is 7.98. The third-order valence-electron chi connectivity index (χ3n) is 9.53. The Morgan fingerprint density at radius 2 is 1.41 bits per heavy atom. The Balaban J connectivity index is 1.28. The average molecular weight is 608 g/mol. The highest BCUT2D eigenvalue weighted by atomic mass is 16.3. The van der Waals surface area contributed by atoms with Gasteiger partial charge in [0.05, 0.1) is 39.3 Å². The fourth-order valence-corrected chi connectivity index (χ4v) is 7.34. The molecular formula is C38H33N5O3. The number of nitrogens with zero attached hydrogens (tertiary/aromatic N) is 5. The number of aromatic nitrogens is 4. The van der Waals surface area contributed by atoms with Crippen LogP contribution in [-0.2, 0) is 5.54 Å². The van der Waals surface area contributed by atoms with Gasteiger partial charge in [-0.05, 0) is 49.1 Å². The van der Waals surface area contributed by atoms with Gasteiger partial charge < -0.3 is 5.11 Å². The molecule has 6 aromatic rings. The zero-order valence-electron chi connectivity index (χ0n) is 26.2. The smallest absolute Gasteiger partial charge is 0.262 e. The molecule has 46 heavy (non-hydrogen) atoms. The van der Waals surface area contributed by atoms with Crippen LogP contribution in [0.4, 0.5) is 0 Å². The molecule has 2 aliphatic rings. The van der Waals surface area contributed by atoms with E-state index in [1.807, 2.05) is 60.0 Å². The predicted molar refractivity (Wildman–Crippen MR) is 176 cm³/mol. The molecule has 0 atom stereocenters. The van der Waals surface area contributed by atoms with E-state index in [4.69, 9.17) is 15.1 Å². The summed E-state index contributed by atoms with van der Waals surface area (Å²) in [6.07, 6.45) is 0.520. The van der Waals surface area contributed by atoms with E-state index in [0.29, 0.717) is 11.1 Å². The largest absolute Gasteiger partial charge is 0.390 e. The Morgan fingerprint density at radius 1 is 0.783 bits per heavy atom. The number of aliphatic hydroxyl groups is 1. The summed E-state index contributed by atoms with van der Waals surface area (Å²) < 4.78 is 1.83. The molecule has 2 amide bonds. The first-order valence-electron chi connectivity index (χ1n) is 15.6. The van der Waals surface area contributed by atoms with Crippen LogP contribution in [0.15, 0.2) is 91.0 Å². The maximum atomic E-state index is 13.6. The minimum atomic E-state index is -0.996. The van der Waals surface area contributed by atoms with Crippen LogP contribution in [0.25, 0.3) is 39.1 Å². The highest BCUT2D eigenvalue weighted by Gasteiger charge is 2.60. The quantitative estimate of drug-likeness (QED) is 0.210. The molecule has 1 saturated carbocycles. The van der Waals surface area contributed by atoms with Crippen molar-refractivity contribution in [2.45, 2.75) is 57.6 Å². The second-order valence-corrected chi connectivity index (χ2v) is 13.3. The number of hydrogen-bond acceptors (Lipinski definition) is 6. The van der Waals surface area contributed by atoms with Crippen molar-refractivity contribution < 1.29 is 14.7 Å². The van der Waals surface area contributed by atoms with E-state index in [2.05, 4.69) is 32.0 Å². The molecule has 0 spiro atoms. The zero-order valence-corrected chi connectivity index (χ0v) is 26.2. The molecule has 0 radical (unpaired) electrons. The molecule has 1 fully saturated rings. The molecule has 8 nitrogen and oxygen atoms in total. The van der Waals surface area contributed by atoms with Gasteiger partial charge in [0.15, 0.2) is 11.3 Å². The number of rotatable bonds is 5. The van der Waals surface area contributed by atoms with Crippen LogP contribution in [0.2, 0.25) is 0 Å². The first kappa shape index (κ1) is 28.3. The molecule has 0 unspecified atom stereocenters. The highest BCUT2D eigenvalue weighted by Crippen LogP contribution is 2.54. The standard InChI is InChI=1S/C38H33N5O3/c1-22(2)31-19-32-39-23(3)29-18-30(24-10-6-5-7-11-24)33(40-34(29)43(32)41-31)25-14-16-26(17-15-25)38(20-37(4,46)21-38)42-35(44)27-12-8-9-13-28(27)36(42)45/h5-19,22,46H,20-21H2,1-4H3/t37-,38-. The van der Waals surface area contributed by atoms with Crippen LogP contribution in [0.5, 0.6) is 0 Å². The molecule has 1 aliphatic heterocycles. The number of hydrogen-bond donors (Lipinski definition) is 1. The predicted octanol–water partition coefficient (Wildman–Crippen LogP) is 7.08. The lowest BCUT2D eigenvalue weighted by molar-refractivity contribution is -0.118. The molecule has 1 aliphatic carbocycles. The molecule has 0 saturated heterocycles. The van der Waals surface area contributed by atoms with E-state index < -0.39 is 11.1 Å². The van der Waals surface area contributed by atoms with Gasteiger partial charge in [-0.2, -0.15) is 9.61 Å². The second kappa shape index (κ2) is 9.89. The minimum Gasteiger partial charge on any atom is -0.390 e. The minimum absolute atomic E-state index is 0.245. The topological polar surface area (TPSA) is 101 Å². The van der Waals surface area contributed by atoms with E-state index in [9.17, 15) is 14.7 Å². The summed E-state index contributed by atoms with van der Waals surface area (Å²) in [7, 11) is 0. The Labute approximate surface area is 266 Å². The Kier molecular flexibility index (Phi) is 6.08. The monoisotopic (exact) mass is 607 g/mol. The number of benzene rings is 3. The first-order chi connectivity index (χ1) is 22.1. The fraction of sp³-hybridized carbons (Fsp3) is 0.237. The molecule has 8 heteroatoms. The van der Waals surface area contributed by atoms with Crippen molar-refractivity contribution in [3.8, 4) is 22.4 Å². The molecule has 3 aromatic heterocycles. The van der Waals surface area contributed by atoms with E-state index in [1.54, 1.807) is 31.2 Å². The summed E-state index contributed by atoms with van der Waals surface area (Å²) in [5.74, 6) is -0.402. The van der Waals surface area contributed by atoms with Crippen molar-refractivity contribution in [1.82, 2.24) is 24.5 Å². The van der Waals surface area contributed by atoms with Gasteiger partial charge in [-0.15, -0.1) is 0 Å². The lowest BCUT2D eigenvalue weighted by Gasteiger charge is -2.55. The highest BCUT2D eigenvalue weighted by molar-refractivity contribution is 6.22. The van der Waals surface area contributed by atoms with Gasteiger partial charge in [0.25, 0.3) is 11.8 Å². The number of carbonyl (C=O) groups is 2. The van der Waals surface area contributed by atoms with E-state index in [-0.39, 0.29) is 30.6 Å². The van der Waals surface area contributed by atoms with Gasteiger partial charge in [-0.3, -0.25) is 14.5 Å². The number of imide groups is 1. The van der Waals surface area contributed by atoms with Crippen LogP contribution in [-0.4, -0.2) is 47.0 Å². The van der Waals surface area contributed by atoms with Crippen molar-refractivity contribution >= 4 is 28.5 Å². The Bertz CT molecular complexity index is 2170. The molecule has 1 N–H and O–H groups in total. The van der Waals surface area contributed by atoms with Crippen LogP contribution in [0.3, 0.4) is 0 Å². The third kappa shape index (κ3) is 4.13. The summed E-state index contributed by atoms with van der Waals surface area (Å²) >= 11 is 0. The molecular weight excluding hydrogens is 574 g/mol. The number of amides is 2. The zero-order chi connectivity index (χ0) is 32.0. The van der Waals surface area contributed by atoms with Gasteiger partial charge >= 0.3 is 0 Å². The lowest BCUT2D eigenvalue weighted by Crippen LogP contribution is -2.63. The fourth-order valence-electron chi connectivity index (χ4n) is 7.34. The van der Waals surface area contributed by atoms with Gasteiger partial charge in [-0.25, -0.2) is 9.97 Å². The summed E-state index contributed by atoms with van der Waals surface area (Å²) in [4.78, 5) is 38.7. The normalized spacial score (nSPS) is 21.0. The van der Waals surface area contributed by atoms with Crippen molar-refractivity contribution in [2.24, 2.45) is 0 Å². The number of carbonyl (C=O) groups excluding carboxylic acids is 2. The van der Waals surface area contributed by atoms with E-state index in [0.717, 1.165) is 56.0 Å². The van der Waals surface area contributed by atoms with Gasteiger partial charge in [0.2, 0.25) is 0 Å². The summed E-state index contributed by atoms with van der Waals surface area (Å²) in [6, 6.07) is 29.2. The lowest BCUT2D eigenvalue weighted by atomic mass is 9.61. The first-order valence-corrected chi connectivity index (χ1v) is 15.6. The van der Waals surface area contributed by atoms with Gasteiger partial charge in [-0.1, -0.05) is 80.6 Å². The molecule has 3 aromatic carbocycles. The molecule has 0 bridgehead atoms.